The Hall–Kier alpha value is -0.370. The second-order valence-corrected chi connectivity index (χ2v) is 8.57. The molecule has 1 heterocycles. The summed E-state index contributed by atoms with van der Waals surface area (Å²) < 4.78 is 54.1. The van der Waals surface area contributed by atoms with Gasteiger partial charge in [0.15, 0.2) is 11.6 Å². The summed E-state index contributed by atoms with van der Waals surface area (Å²) >= 11 is 7.27. The Kier molecular flexibility index (Phi) is 5.18. The molecule has 0 aromatic heterocycles. The van der Waals surface area contributed by atoms with E-state index < -0.39 is 26.6 Å². The summed E-state index contributed by atoms with van der Waals surface area (Å²) in [5, 5.41) is 0.0950. The number of thioether (sulfide) groups is 1. The number of sulfonamides is 1. The average Bonchev–Trinajstić information content (AvgIpc) is 2.44. The molecule has 3 nitrogen and oxygen atoms in total. The van der Waals surface area contributed by atoms with E-state index in [1.54, 1.807) is 18.7 Å². The molecule has 1 aromatic rings. The highest BCUT2D eigenvalue weighted by Gasteiger charge is 2.37. The minimum absolute atomic E-state index is 0.0818. The van der Waals surface area contributed by atoms with Gasteiger partial charge in [0.25, 0.3) is 0 Å². The molecule has 118 valence electrons. The molecule has 2 rings (SSSR count). The Morgan fingerprint density at radius 3 is 2.67 bits per heavy atom. The molecule has 0 aliphatic carbocycles. The van der Waals surface area contributed by atoms with E-state index in [1.807, 2.05) is 6.92 Å². The quantitative estimate of drug-likeness (QED) is 0.781. The van der Waals surface area contributed by atoms with Crippen LogP contribution in [0.5, 0.6) is 0 Å². The van der Waals surface area contributed by atoms with E-state index in [0.29, 0.717) is 5.75 Å². The molecule has 2 unspecified atom stereocenters. The van der Waals surface area contributed by atoms with Gasteiger partial charge < -0.3 is 0 Å². The van der Waals surface area contributed by atoms with Crippen molar-refractivity contribution in [2.75, 3.05) is 12.3 Å². The molecule has 0 N–H and O–H groups in total. The molecule has 0 radical (unpaired) electrons. The smallest absolute Gasteiger partial charge is 0.207 e. The zero-order valence-electron chi connectivity index (χ0n) is 11.6. The number of alkyl halides is 1. The monoisotopic (exact) mass is 355 g/mol. The van der Waals surface area contributed by atoms with Gasteiger partial charge in [-0.05, 0) is 24.6 Å². The maximum absolute atomic E-state index is 14.0. The maximum Gasteiger partial charge on any atom is 0.246 e. The Labute approximate surface area is 132 Å². The van der Waals surface area contributed by atoms with Crippen molar-refractivity contribution in [1.82, 2.24) is 4.31 Å². The topological polar surface area (TPSA) is 37.4 Å². The normalized spacial score (nSPS) is 24.2. The van der Waals surface area contributed by atoms with E-state index in [-0.39, 0.29) is 29.3 Å². The third-order valence-electron chi connectivity index (χ3n) is 3.62. The van der Waals surface area contributed by atoms with Gasteiger partial charge >= 0.3 is 0 Å². The lowest BCUT2D eigenvalue weighted by molar-refractivity contribution is 0.337. The second-order valence-electron chi connectivity index (χ2n) is 4.96. The first-order valence-corrected chi connectivity index (χ1v) is 9.48. The lowest BCUT2D eigenvalue weighted by atomic mass is 10.2. The molecule has 1 aliphatic heterocycles. The van der Waals surface area contributed by atoms with Crippen molar-refractivity contribution in [3.8, 4) is 0 Å². The number of rotatable bonds is 3. The summed E-state index contributed by atoms with van der Waals surface area (Å²) in [6.45, 7) is 3.97. The van der Waals surface area contributed by atoms with Crippen molar-refractivity contribution in [3.05, 3.63) is 29.3 Å². The van der Waals surface area contributed by atoms with Crippen LogP contribution >= 0.6 is 23.4 Å². The Morgan fingerprint density at radius 1 is 1.38 bits per heavy atom. The van der Waals surface area contributed by atoms with Crippen LogP contribution in [0.25, 0.3) is 0 Å². The maximum atomic E-state index is 14.0. The molecule has 0 saturated carbocycles. The highest BCUT2D eigenvalue weighted by atomic mass is 35.5. The Morgan fingerprint density at radius 2 is 2.05 bits per heavy atom. The van der Waals surface area contributed by atoms with Gasteiger partial charge in [0.05, 0.1) is 0 Å². The standard InChI is InChI=1S/C13H16ClF2NO2S2/c1-8-9(2)20-4-3-17(8)21(18,19)12-6-10(7-14)5-11(15)13(12)16/h5-6,8-9H,3-4,7H2,1-2H3. The van der Waals surface area contributed by atoms with Gasteiger partial charge in [-0.25, -0.2) is 17.2 Å². The molecule has 2 atom stereocenters. The number of benzene rings is 1. The van der Waals surface area contributed by atoms with Crippen LogP contribution < -0.4 is 0 Å². The van der Waals surface area contributed by atoms with E-state index in [9.17, 15) is 17.2 Å². The number of halogens is 3. The van der Waals surface area contributed by atoms with Crippen LogP contribution in [0, 0.1) is 11.6 Å². The van der Waals surface area contributed by atoms with E-state index in [0.717, 1.165) is 12.1 Å². The second kappa shape index (κ2) is 6.40. The predicted octanol–water partition coefficient (Wildman–Crippen LogP) is 3.22. The van der Waals surface area contributed by atoms with E-state index >= 15 is 0 Å². The first-order chi connectivity index (χ1) is 9.78. The average molecular weight is 356 g/mol. The number of hydrogen-bond acceptors (Lipinski definition) is 3. The van der Waals surface area contributed by atoms with Gasteiger partial charge in [-0.2, -0.15) is 16.1 Å². The summed E-state index contributed by atoms with van der Waals surface area (Å²) in [4.78, 5) is -0.635. The van der Waals surface area contributed by atoms with Crippen molar-refractivity contribution in [2.45, 2.75) is 35.9 Å². The molecule has 1 aromatic carbocycles. The molecule has 1 aliphatic rings. The van der Waals surface area contributed by atoms with Crippen LogP contribution in [-0.2, 0) is 15.9 Å². The van der Waals surface area contributed by atoms with Crippen molar-refractivity contribution in [1.29, 1.82) is 0 Å². The molecule has 1 saturated heterocycles. The highest BCUT2D eigenvalue weighted by molar-refractivity contribution is 8.00. The molecule has 0 spiro atoms. The minimum atomic E-state index is -4.08. The fourth-order valence-electron chi connectivity index (χ4n) is 2.25. The first-order valence-electron chi connectivity index (χ1n) is 6.46. The summed E-state index contributed by atoms with van der Waals surface area (Å²) in [5.74, 6) is -1.99. The van der Waals surface area contributed by atoms with Crippen LogP contribution in [0.15, 0.2) is 17.0 Å². The van der Waals surface area contributed by atoms with Gasteiger partial charge in [-0.15, -0.1) is 11.6 Å². The van der Waals surface area contributed by atoms with Crippen LogP contribution in [-0.4, -0.2) is 36.3 Å². The van der Waals surface area contributed by atoms with Crippen molar-refractivity contribution in [2.24, 2.45) is 0 Å². The summed E-state index contributed by atoms with van der Waals surface area (Å²) in [5.41, 5.74) is 0.237. The number of hydrogen-bond donors (Lipinski definition) is 0. The van der Waals surface area contributed by atoms with Crippen LogP contribution in [0.2, 0.25) is 0 Å². The fourth-order valence-corrected chi connectivity index (χ4v) is 5.53. The molecule has 0 bridgehead atoms. The van der Waals surface area contributed by atoms with Crippen LogP contribution in [0.1, 0.15) is 19.4 Å². The predicted molar refractivity (Wildman–Crippen MR) is 81.2 cm³/mol. The van der Waals surface area contributed by atoms with Gasteiger partial charge in [0.1, 0.15) is 4.90 Å². The van der Waals surface area contributed by atoms with E-state index in [4.69, 9.17) is 11.6 Å². The molecule has 21 heavy (non-hydrogen) atoms. The lowest BCUT2D eigenvalue weighted by Crippen LogP contribution is -2.48. The number of nitrogens with zero attached hydrogens (tertiary/aromatic N) is 1. The minimum Gasteiger partial charge on any atom is -0.207 e. The molecular formula is C13H16ClF2NO2S2. The van der Waals surface area contributed by atoms with E-state index in [2.05, 4.69) is 0 Å². The third-order valence-corrected chi connectivity index (χ3v) is 7.25. The molecule has 8 heteroatoms. The SMILES string of the molecule is CC1SCCN(S(=O)(=O)c2cc(CCl)cc(F)c2F)C1C. The van der Waals surface area contributed by atoms with Crippen molar-refractivity contribution in [3.63, 3.8) is 0 Å². The molecular weight excluding hydrogens is 340 g/mol. The fraction of sp³-hybridized carbons (Fsp3) is 0.538. The van der Waals surface area contributed by atoms with Gasteiger partial charge in [-0.1, -0.05) is 6.92 Å². The first kappa shape index (κ1) is 17.0. The van der Waals surface area contributed by atoms with Crippen LogP contribution in [0.3, 0.4) is 0 Å². The molecule has 0 amide bonds. The third kappa shape index (κ3) is 3.21. The Bertz CT molecular complexity index is 639. The highest BCUT2D eigenvalue weighted by Crippen LogP contribution is 2.31. The van der Waals surface area contributed by atoms with Crippen LogP contribution in [0.4, 0.5) is 8.78 Å². The zero-order valence-corrected chi connectivity index (χ0v) is 14.0. The largest absolute Gasteiger partial charge is 0.246 e. The van der Waals surface area contributed by atoms with Crippen molar-refractivity contribution < 1.29 is 17.2 Å². The van der Waals surface area contributed by atoms with Gasteiger partial charge in [-0.3, -0.25) is 0 Å². The lowest BCUT2D eigenvalue weighted by Gasteiger charge is -2.36. The summed E-state index contributed by atoms with van der Waals surface area (Å²) in [6.07, 6.45) is 0. The molecule has 1 fully saturated rings. The van der Waals surface area contributed by atoms with Gasteiger partial charge in [0.2, 0.25) is 10.0 Å². The summed E-state index contributed by atoms with van der Waals surface area (Å²) in [7, 11) is -4.08. The summed E-state index contributed by atoms with van der Waals surface area (Å²) in [6, 6.07) is 1.75. The Balaban J connectivity index is 2.51. The van der Waals surface area contributed by atoms with E-state index in [1.165, 1.54) is 4.31 Å². The van der Waals surface area contributed by atoms with Crippen molar-refractivity contribution >= 4 is 33.4 Å². The zero-order chi connectivity index (χ0) is 15.8. The van der Waals surface area contributed by atoms with Gasteiger partial charge in [0, 0.05) is 29.5 Å².